The molecule has 0 aliphatic heterocycles. The van der Waals surface area contributed by atoms with Crippen molar-refractivity contribution in [1.29, 1.82) is 0 Å². The molecule has 0 bridgehead atoms. The molecule has 134 valence electrons. The van der Waals surface area contributed by atoms with Gasteiger partial charge in [0, 0.05) is 6.54 Å². The Kier molecular flexibility index (Phi) is 6.05. The van der Waals surface area contributed by atoms with Gasteiger partial charge in [-0.25, -0.2) is 0 Å². The van der Waals surface area contributed by atoms with Crippen molar-refractivity contribution >= 4 is 5.97 Å². The number of carboxylic acids is 1. The molecular weight excluding hydrogens is 302 g/mol. The Hall–Kier alpha value is -1.39. The molecule has 1 saturated carbocycles. The summed E-state index contributed by atoms with van der Waals surface area (Å²) in [5.41, 5.74) is -1.72. The normalized spacial score (nSPS) is 28.7. The van der Waals surface area contributed by atoms with E-state index in [1.807, 2.05) is 37.3 Å². The van der Waals surface area contributed by atoms with Gasteiger partial charge in [-0.2, -0.15) is 0 Å². The lowest BCUT2D eigenvalue weighted by molar-refractivity contribution is -0.193. The van der Waals surface area contributed by atoms with E-state index in [1.54, 1.807) is 0 Å². The molecule has 3 atom stereocenters. The molecule has 1 aromatic carbocycles. The fourth-order valence-electron chi connectivity index (χ4n) is 4.50. The largest absolute Gasteiger partial charge is 0.481 e. The molecule has 3 unspecified atom stereocenters. The Labute approximate surface area is 145 Å². The average Bonchev–Trinajstić information content (AvgIpc) is 2.60. The number of aliphatic hydroxyl groups is 1. The van der Waals surface area contributed by atoms with Gasteiger partial charge in [0.2, 0.25) is 0 Å². The number of aliphatic carboxylic acids is 1. The molecule has 0 heterocycles. The molecule has 1 fully saturated rings. The summed E-state index contributed by atoms with van der Waals surface area (Å²) in [6.45, 7) is 8.64. The third kappa shape index (κ3) is 3.09. The number of rotatable bonds is 7. The molecule has 2 rings (SSSR count). The van der Waals surface area contributed by atoms with Gasteiger partial charge in [-0.3, -0.25) is 4.79 Å². The first-order chi connectivity index (χ1) is 11.4. The predicted octanol–water partition coefficient (Wildman–Crippen LogP) is 3.50. The maximum Gasteiger partial charge on any atom is 0.313 e. The number of carboxylic acid groups (broad SMARTS) is 1. The van der Waals surface area contributed by atoms with Crippen LogP contribution in [-0.4, -0.2) is 40.7 Å². The van der Waals surface area contributed by atoms with E-state index in [9.17, 15) is 15.0 Å². The summed E-state index contributed by atoms with van der Waals surface area (Å²) >= 11 is 0. The molecule has 0 aromatic heterocycles. The first kappa shape index (κ1) is 18.9. The van der Waals surface area contributed by atoms with Gasteiger partial charge in [0.05, 0.1) is 0 Å². The second-order valence-corrected chi connectivity index (χ2v) is 7.10. The van der Waals surface area contributed by atoms with Crippen molar-refractivity contribution in [2.24, 2.45) is 11.3 Å². The van der Waals surface area contributed by atoms with Crippen LogP contribution < -0.4 is 0 Å². The van der Waals surface area contributed by atoms with E-state index in [4.69, 9.17) is 0 Å². The molecule has 0 radical (unpaired) electrons. The van der Waals surface area contributed by atoms with Crippen LogP contribution in [0, 0.1) is 11.3 Å². The molecule has 1 aliphatic rings. The van der Waals surface area contributed by atoms with Crippen molar-refractivity contribution in [2.75, 3.05) is 19.6 Å². The van der Waals surface area contributed by atoms with E-state index in [0.29, 0.717) is 19.4 Å². The highest BCUT2D eigenvalue weighted by Crippen LogP contribution is 2.55. The molecule has 1 aliphatic carbocycles. The van der Waals surface area contributed by atoms with E-state index < -0.39 is 17.0 Å². The topological polar surface area (TPSA) is 60.8 Å². The van der Waals surface area contributed by atoms with E-state index in [1.165, 1.54) is 0 Å². The minimum absolute atomic E-state index is 0.139. The van der Waals surface area contributed by atoms with Crippen LogP contribution in [0.3, 0.4) is 0 Å². The maximum atomic E-state index is 12.5. The summed E-state index contributed by atoms with van der Waals surface area (Å²) < 4.78 is 0. The number of nitrogens with zero attached hydrogens (tertiary/aromatic N) is 1. The van der Waals surface area contributed by atoms with Gasteiger partial charge < -0.3 is 15.1 Å². The van der Waals surface area contributed by atoms with Crippen LogP contribution in [0.25, 0.3) is 0 Å². The summed E-state index contributed by atoms with van der Waals surface area (Å²) in [5.74, 6) is -1.01. The van der Waals surface area contributed by atoms with Gasteiger partial charge in [-0.15, -0.1) is 0 Å². The Morgan fingerprint density at radius 3 is 2.29 bits per heavy atom. The third-order valence-electron chi connectivity index (χ3n) is 6.00. The zero-order valence-electron chi connectivity index (χ0n) is 15.2. The molecule has 0 spiro atoms. The molecule has 24 heavy (non-hydrogen) atoms. The van der Waals surface area contributed by atoms with Gasteiger partial charge in [0.1, 0.15) is 11.0 Å². The highest BCUT2D eigenvalue weighted by molar-refractivity contribution is 5.77. The molecule has 4 heteroatoms. The second-order valence-electron chi connectivity index (χ2n) is 7.10. The van der Waals surface area contributed by atoms with Crippen molar-refractivity contribution in [1.82, 2.24) is 4.90 Å². The zero-order chi connectivity index (χ0) is 17.8. The van der Waals surface area contributed by atoms with E-state index in [0.717, 1.165) is 31.5 Å². The lowest BCUT2D eigenvalue weighted by Crippen LogP contribution is -2.58. The molecule has 0 saturated heterocycles. The Balaban J connectivity index is 2.49. The van der Waals surface area contributed by atoms with Crippen LogP contribution in [0.1, 0.15) is 52.0 Å². The Morgan fingerprint density at radius 1 is 1.17 bits per heavy atom. The first-order valence-corrected chi connectivity index (χ1v) is 9.16. The number of benzene rings is 1. The lowest BCUT2D eigenvalue weighted by atomic mass is 9.55. The third-order valence-corrected chi connectivity index (χ3v) is 6.00. The summed E-state index contributed by atoms with van der Waals surface area (Å²) in [6, 6.07) is 9.39. The predicted molar refractivity (Wildman–Crippen MR) is 95.8 cm³/mol. The van der Waals surface area contributed by atoms with E-state index >= 15 is 0 Å². The number of hydrogen-bond donors (Lipinski definition) is 2. The highest BCUT2D eigenvalue weighted by Gasteiger charge is 2.60. The van der Waals surface area contributed by atoms with Gasteiger partial charge in [0.25, 0.3) is 0 Å². The first-order valence-electron chi connectivity index (χ1n) is 9.16. The second kappa shape index (κ2) is 7.66. The van der Waals surface area contributed by atoms with Crippen LogP contribution >= 0.6 is 0 Å². The average molecular weight is 333 g/mol. The highest BCUT2D eigenvalue weighted by atomic mass is 16.4. The quantitative estimate of drug-likeness (QED) is 0.802. The molecule has 2 N–H and O–H groups in total. The van der Waals surface area contributed by atoms with Crippen molar-refractivity contribution in [2.45, 2.75) is 52.1 Å². The minimum Gasteiger partial charge on any atom is -0.481 e. The van der Waals surface area contributed by atoms with Crippen LogP contribution in [0.15, 0.2) is 30.3 Å². The smallest absolute Gasteiger partial charge is 0.313 e. The van der Waals surface area contributed by atoms with Crippen LogP contribution in [-0.2, 0) is 10.4 Å². The van der Waals surface area contributed by atoms with Crippen molar-refractivity contribution in [3.63, 3.8) is 0 Å². The standard InChI is InChI=1S/C20H31NO3/c1-4-21(5-2)15-16(3)19(18(22)23)13-9-10-14-20(19,24)17-11-7-6-8-12-17/h6-8,11-12,16,24H,4-5,9-10,13-15H2,1-3H3,(H,22,23). The van der Waals surface area contributed by atoms with Crippen LogP contribution in [0.5, 0.6) is 0 Å². The molecule has 1 aromatic rings. The summed E-state index contributed by atoms with van der Waals surface area (Å²) in [6.07, 6.45) is 2.74. The summed E-state index contributed by atoms with van der Waals surface area (Å²) in [4.78, 5) is 14.7. The lowest BCUT2D eigenvalue weighted by Gasteiger charge is -2.52. The maximum absolute atomic E-state index is 12.5. The zero-order valence-corrected chi connectivity index (χ0v) is 15.2. The number of hydrogen-bond acceptors (Lipinski definition) is 3. The van der Waals surface area contributed by atoms with E-state index in [2.05, 4.69) is 18.7 Å². The van der Waals surface area contributed by atoms with Crippen LogP contribution in [0.2, 0.25) is 0 Å². The Bertz CT molecular complexity index is 543. The summed E-state index contributed by atoms with van der Waals surface area (Å²) in [5, 5.41) is 21.9. The minimum atomic E-state index is -1.31. The fourth-order valence-corrected chi connectivity index (χ4v) is 4.50. The van der Waals surface area contributed by atoms with Gasteiger partial charge in [-0.05, 0) is 37.4 Å². The molecular formula is C20H31NO3. The van der Waals surface area contributed by atoms with Crippen molar-refractivity contribution in [3.8, 4) is 0 Å². The number of carbonyl (C=O) groups is 1. The SMILES string of the molecule is CCN(CC)CC(C)C1(C(=O)O)CCCCC1(O)c1ccccc1. The van der Waals surface area contributed by atoms with Gasteiger partial charge in [0.15, 0.2) is 0 Å². The Morgan fingerprint density at radius 2 is 1.75 bits per heavy atom. The van der Waals surface area contributed by atoms with Gasteiger partial charge >= 0.3 is 5.97 Å². The van der Waals surface area contributed by atoms with Crippen LogP contribution in [0.4, 0.5) is 0 Å². The van der Waals surface area contributed by atoms with Crippen molar-refractivity contribution in [3.05, 3.63) is 35.9 Å². The van der Waals surface area contributed by atoms with E-state index in [-0.39, 0.29) is 5.92 Å². The fraction of sp³-hybridized carbons (Fsp3) is 0.650. The molecule has 0 amide bonds. The monoisotopic (exact) mass is 333 g/mol. The van der Waals surface area contributed by atoms with Crippen molar-refractivity contribution < 1.29 is 15.0 Å². The van der Waals surface area contributed by atoms with Gasteiger partial charge in [-0.1, -0.05) is 63.9 Å². The molecule has 4 nitrogen and oxygen atoms in total. The summed E-state index contributed by atoms with van der Waals surface area (Å²) in [7, 11) is 0.